The van der Waals surface area contributed by atoms with Gasteiger partial charge in [0.1, 0.15) is 5.25 Å². The van der Waals surface area contributed by atoms with Gasteiger partial charge in [0.2, 0.25) is 0 Å². The van der Waals surface area contributed by atoms with Crippen molar-refractivity contribution in [3.8, 4) is 0 Å². The average Bonchev–Trinajstić information content (AvgIpc) is 2.85. The molecule has 244 valence electrons. The van der Waals surface area contributed by atoms with Crippen LogP contribution in [-0.4, -0.2) is 71.4 Å². The molecule has 0 aromatic rings. The number of hydrogen-bond acceptors (Lipinski definition) is 8. The van der Waals surface area contributed by atoms with Crippen LogP contribution in [-0.2, 0) is 28.4 Å². The van der Waals surface area contributed by atoms with Crippen LogP contribution in [0.25, 0.3) is 0 Å². The lowest BCUT2D eigenvalue weighted by atomic mass is 9.93. The highest BCUT2D eigenvalue weighted by Gasteiger charge is 2.90. The van der Waals surface area contributed by atoms with Crippen LogP contribution in [0.2, 0.25) is 0 Å². The number of ether oxygens (including phenoxy) is 2. The fourth-order valence-electron chi connectivity index (χ4n) is 2.87. The second kappa shape index (κ2) is 15.1. The summed E-state index contributed by atoms with van der Waals surface area (Å²) in [5.41, 5.74) is 0. The Bertz CT molecular complexity index is 841. The van der Waals surface area contributed by atoms with E-state index < -0.39 is 72.4 Å². The van der Waals surface area contributed by atoms with Gasteiger partial charge in [0, 0.05) is 0 Å². The smallest absolute Gasteiger partial charge is 0.460 e. The lowest BCUT2D eigenvalue weighted by molar-refractivity contribution is -0.440. The molecule has 1 N–H and O–H groups in total. The molecule has 0 rings (SSSR count). The Morgan fingerprint density at radius 2 is 1.34 bits per heavy atom. The molecule has 0 aromatic carbocycles. The van der Waals surface area contributed by atoms with Crippen molar-refractivity contribution in [1.29, 1.82) is 0 Å². The number of carbonyl (C=O) groups excluding carboxylic acids is 2. The Kier molecular flexibility index (Phi) is 14.5. The van der Waals surface area contributed by atoms with Gasteiger partial charge < -0.3 is 9.47 Å². The molecule has 0 aromatic heterocycles. The molecule has 41 heavy (non-hydrogen) atoms. The number of hydrogen-bond donors (Lipinski definition) is 1. The lowest BCUT2D eigenvalue weighted by Gasteiger charge is -2.39. The number of halogens is 13. The summed E-state index contributed by atoms with van der Waals surface area (Å²) < 4.78 is 184. The Morgan fingerprint density at radius 1 is 0.805 bits per heavy atom. The zero-order valence-corrected chi connectivity index (χ0v) is 21.8. The highest BCUT2D eigenvalue weighted by molar-refractivity contribution is 7.95. The van der Waals surface area contributed by atoms with Gasteiger partial charge in [-0.3, -0.25) is 9.59 Å². The van der Waals surface area contributed by atoms with Crippen LogP contribution >= 0.6 is 12.0 Å². The zero-order valence-electron chi connectivity index (χ0n) is 21.0. The predicted octanol–water partition coefficient (Wildman–Crippen LogP) is 7.25. The van der Waals surface area contributed by atoms with Crippen molar-refractivity contribution < 1.29 is 90.8 Å². The third kappa shape index (κ3) is 9.37. The minimum atomic E-state index is -8.06. The summed E-state index contributed by atoms with van der Waals surface area (Å²) in [7, 11) is 0. The number of unbranched alkanes of at least 4 members (excludes halogenated alkanes) is 1. The van der Waals surface area contributed by atoms with Crippen molar-refractivity contribution in [3.63, 3.8) is 0 Å². The summed E-state index contributed by atoms with van der Waals surface area (Å²) in [5.74, 6) is -40.9. The van der Waals surface area contributed by atoms with E-state index in [9.17, 15) is 66.7 Å². The number of carbonyl (C=O) groups is 2. The largest absolute Gasteiger partial charge is 0.465 e. The van der Waals surface area contributed by atoms with Crippen LogP contribution in [0.3, 0.4) is 0 Å². The number of esters is 2. The maximum Gasteiger partial charge on any atom is 0.460 e. The van der Waals surface area contributed by atoms with E-state index in [-0.39, 0.29) is 24.6 Å². The molecule has 2 atom stereocenters. The second-order valence-electron chi connectivity index (χ2n) is 8.45. The summed E-state index contributed by atoms with van der Waals surface area (Å²) in [4.78, 5) is 24.1. The van der Waals surface area contributed by atoms with Crippen LogP contribution in [0.4, 0.5) is 57.1 Å². The molecule has 0 aliphatic rings. The van der Waals surface area contributed by atoms with Gasteiger partial charge in [-0.15, -0.1) is 4.33 Å². The van der Waals surface area contributed by atoms with E-state index in [1.807, 2.05) is 6.92 Å². The molecule has 0 saturated carbocycles. The van der Waals surface area contributed by atoms with Crippen LogP contribution in [0.15, 0.2) is 0 Å². The summed E-state index contributed by atoms with van der Waals surface area (Å²) in [5, 5.41) is 9.42. The van der Waals surface area contributed by atoms with Crippen LogP contribution in [0.1, 0.15) is 52.4 Å². The maximum absolute atomic E-state index is 13.8. The van der Waals surface area contributed by atoms with Crippen molar-refractivity contribution >= 4 is 24.0 Å². The zero-order chi connectivity index (χ0) is 32.5. The fraction of sp³-hybridized carbons (Fsp3) is 0.900. The normalized spacial score (nSPS) is 15.4. The molecule has 0 saturated heterocycles. The Labute approximate surface area is 228 Å². The van der Waals surface area contributed by atoms with Crippen LogP contribution in [0.5, 0.6) is 0 Å². The van der Waals surface area contributed by atoms with Crippen molar-refractivity contribution in [2.45, 2.75) is 93.4 Å². The first-order valence-corrected chi connectivity index (χ1v) is 12.2. The summed E-state index contributed by atoms with van der Waals surface area (Å²) in [6, 6.07) is 0. The first-order chi connectivity index (χ1) is 18.5. The molecule has 0 fully saturated rings. The summed E-state index contributed by atoms with van der Waals surface area (Å²) in [6.07, 6.45) is -8.43. The van der Waals surface area contributed by atoms with Gasteiger partial charge in [0.15, 0.2) is 0 Å². The molecule has 0 spiro atoms. The van der Waals surface area contributed by atoms with Crippen molar-refractivity contribution in [1.82, 2.24) is 0 Å². The van der Waals surface area contributed by atoms with Crippen molar-refractivity contribution in [2.24, 2.45) is 5.92 Å². The van der Waals surface area contributed by atoms with Crippen molar-refractivity contribution in [3.05, 3.63) is 0 Å². The maximum atomic E-state index is 13.8. The first-order valence-electron chi connectivity index (χ1n) is 11.4. The second-order valence-corrected chi connectivity index (χ2v) is 9.35. The Balaban J connectivity index is 5.49. The van der Waals surface area contributed by atoms with Gasteiger partial charge in [-0.05, 0) is 12.3 Å². The Morgan fingerprint density at radius 3 is 1.80 bits per heavy atom. The van der Waals surface area contributed by atoms with Crippen molar-refractivity contribution in [2.75, 3.05) is 13.2 Å². The Hall–Kier alpha value is -1.74. The van der Waals surface area contributed by atoms with Gasteiger partial charge in [-0.1, -0.05) is 38.1 Å². The van der Waals surface area contributed by atoms with Gasteiger partial charge in [-0.25, -0.2) is 5.26 Å². The molecule has 0 aliphatic heterocycles. The van der Waals surface area contributed by atoms with E-state index in [1.54, 1.807) is 6.92 Å². The minimum Gasteiger partial charge on any atom is -0.465 e. The van der Waals surface area contributed by atoms with E-state index in [4.69, 9.17) is 9.99 Å². The number of alkyl halides is 13. The lowest BCUT2D eigenvalue weighted by Crippen LogP contribution is -2.70. The van der Waals surface area contributed by atoms with Crippen LogP contribution < -0.4 is 0 Å². The van der Waals surface area contributed by atoms with E-state index in [1.165, 1.54) is 0 Å². The predicted molar refractivity (Wildman–Crippen MR) is 111 cm³/mol. The quantitative estimate of drug-likeness (QED) is 0.0512. The molecule has 0 bridgehead atoms. The molecule has 21 heteroatoms. The molecule has 2 unspecified atom stereocenters. The van der Waals surface area contributed by atoms with E-state index in [2.05, 4.69) is 14.1 Å². The van der Waals surface area contributed by atoms with Gasteiger partial charge in [0.05, 0.1) is 38.1 Å². The van der Waals surface area contributed by atoms with Gasteiger partial charge >= 0.3 is 47.7 Å². The third-order valence-electron chi connectivity index (χ3n) is 5.48. The van der Waals surface area contributed by atoms with E-state index in [0.29, 0.717) is 12.8 Å². The van der Waals surface area contributed by atoms with E-state index in [0.717, 1.165) is 12.8 Å². The molecular weight excluding hydrogens is 631 g/mol. The first kappa shape index (κ1) is 39.3. The molecule has 0 radical (unpaired) electrons. The third-order valence-corrected chi connectivity index (χ3v) is 6.21. The topological polar surface area (TPSA) is 91.3 Å². The number of rotatable bonds is 19. The molecule has 0 heterocycles. The van der Waals surface area contributed by atoms with Gasteiger partial charge in [-0.2, -0.15) is 57.1 Å². The average molecular weight is 656 g/mol. The van der Waals surface area contributed by atoms with Gasteiger partial charge in [0.25, 0.3) is 0 Å². The van der Waals surface area contributed by atoms with Crippen LogP contribution in [0, 0.1) is 5.92 Å². The highest BCUT2D eigenvalue weighted by Crippen LogP contribution is 2.60. The fourth-order valence-corrected chi connectivity index (χ4v) is 3.35. The summed E-state index contributed by atoms with van der Waals surface area (Å²) in [6.45, 7) is 1.54. The minimum absolute atomic E-state index is 0.0838. The molecule has 0 aliphatic carbocycles. The monoisotopic (exact) mass is 656 g/mol. The SMILES string of the molecule is CCCCC(CC)COC(=O)CC(SOOO)C(=O)OCCC(F)(F)C(F)(F)C(F)(F)C(F)(F)C(F)(F)C(F)(F)F. The molecule has 0 amide bonds. The standard InChI is InChI=1S/C20H25F13O7S/c1-3-5-6-11(4-2)10-38-13(34)9-12(41-40-39-36)14(35)37-8-7-15(21,22)16(23,24)17(25,26)18(27,28)19(29,30)20(31,32)33/h11-12,36H,3-10H2,1-2H3. The summed E-state index contributed by atoms with van der Waals surface area (Å²) >= 11 is -0.204. The highest BCUT2D eigenvalue weighted by atomic mass is 32.2. The molecular formula is C20H25F13O7S. The van der Waals surface area contributed by atoms with E-state index >= 15 is 0 Å². The molecule has 7 nitrogen and oxygen atoms in total.